The van der Waals surface area contributed by atoms with Crippen LogP contribution in [0.2, 0.25) is 0 Å². The second kappa shape index (κ2) is 5.50. The van der Waals surface area contributed by atoms with Gasteiger partial charge in [0.15, 0.2) is 5.82 Å². The van der Waals surface area contributed by atoms with E-state index in [0.717, 1.165) is 25.1 Å². The van der Waals surface area contributed by atoms with Crippen LogP contribution in [0.3, 0.4) is 0 Å². The first-order valence-corrected chi connectivity index (χ1v) is 7.47. The highest BCUT2D eigenvalue weighted by atomic mass is 16.4. The smallest absolute Gasteiger partial charge is 0.311 e. The number of rotatable bonds is 6. The molecule has 0 spiro atoms. The zero-order chi connectivity index (χ0) is 14.8. The molecule has 1 aliphatic rings. The molecule has 0 radical (unpaired) electrons. The first-order valence-electron chi connectivity index (χ1n) is 7.47. The molecule has 2 rings (SSSR count). The van der Waals surface area contributed by atoms with Gasteiger partial charge in [0.25, 0.3) is 0 Å². The molecular formula is C14H24N4O2. The second-order valence-corrected chi connectivity index (χ2v) is 6.22. The summed E-state index contributed by atoms with van der Waals surface area (Å²) in [6.45, 7) is 6.15. The minimum atomic E-state index is -0.822. The molecule has 20 heavy (non-hydrogen) atoms. The molecule has 112 valence electrons. The Morgan fingerprint density at radius 2 is 2.05 bits per heavy atom. The SMILES string of the molecule is CCC(C)(Cn1nnnc1C1(CC)CCCC1)C(=O)O. The van der Waals surface area contributed by atoms with Crippen molar-refractivity contribution in [1.82, 2.24) is 20.2 Å². The molecule has 0 saturated heterocycles. The summed E-state index contributed by atoms with van der Waals surface area (Å²) in [5.74, 6) is 0.0804. The Balaban J connectivity index is 2.31. The number of carbonyl (C=O) groups is 1. The van der Waals surface area contributed by atoms with Crippen molar-refractivity contribution >= 4 is 5.97 Å². The average Bonchev–Trinajstić information content (AvgIpc) is 3.07. The van der Waals surface area contributed by atoms with Gasteiger partial charge in [-0.05, 0) is 43.0 Å². The van der Waals surface area contributed by atoms with Gasteiger partial charge in [-0.1, -0.05) is 26.7 Å². The molecule has 1 saturated carbocycles. The Bertz CT molecular complexity index is 479. The number of carboxylic acids is 1. The molecule has 6 heteroatoms. The number of hydrogen-bond acceptors (Lipinski definition) is 4. The van der Waals surface area contributed by atoms with E-state index in [1.54, 1.807) is 11.6 Å². The highest BCUT2D eigenvalue weighted by Gasteiger charge is 2.41. The standard InChI is InChI=1S/C14H24N4O2/c1-4-13(3,12(19)20)10-18-11(15-16-17-18)14(5-2)8-6-7-9-14/h4-10H2,1-3H3,(H,19,20). The lowest BCUT2D eigenvalue weighted by Gasteiger charge is -2.29. The van der Waals surface area contributed by atoms with Crippen molar-refractivity contribution in [3.05, 3.63) is 5.82 Å². The molecule has 0 amide bonds. The van der Waals surface area contributed by atoms with E-state index >= 15 is 0 Å². The Labute approximate surface area is 119 Å². The first-order chi connectivity index (χ1) is 9.47. The van der Waals surface area contributed by atoms with Crippen LogP contribution in [0, 0.1) is 5.41 Å². The highest BCUT2D eigenvalue weighted by molar-refractivity contribution is 5.73. The lowest BCUT2D eigenvalue weighted by Crippen LogP contribution is -2.35. The summed E-state index contributed by atoms with van der Waals surface area (Å²) in [5.41, 5.74) is -0.783. The van der Waals surface area contributed by atoms with Gasteiger partial charge in [-0.15, -0.1) is 5.10 Å². The molecule has 0 aromatic carbocycles. The van der Waals surface area contributed by atoms with Gasteiger partial charge in [-0.2, -0.15) is 0 Å². The van der Waals surface area contributed by atoms with E-state index in [0.29, 0.717) is 13.0 Å². The summed E-state index contributed by atoms with van der Waals surface area (Å²) in [5, 5.41) is 21.5. The van der Waals surface area contributed by atoms with E-state index < -0.39 is 11.4 Å². The molecule has 1 heterocycles. The molecule has 1 fully saturated rings. The van der Waals surface area contributed by atoms with Crippen molar-refractivity contribution in [2.75, 3.05) is 0 Å². The maximum atomic E-state index is 11.5. The van der Waals surface area contributed by atoms with E-state index in [9.17, 15) is 9.90 Å². The monoisotopic (exact) mass is 280 g/mol. The fourth-order valence-corrected chi connectivity index (χ4v) is 3.14. The zero-order valence-corrected chi connectivity index (χ0v) is 12.6. The maximum absolute atomic E-state index is 11.5. The number of tetrazole rings is 1. The number of hydrogen-bond donors (Lipinski definition) is 1. The Hall–Kier alpha value is -1.46. The van der Waals surface area contributed by atoms with Crippen LogP contribution in [0.25, 0.3) is 0 Å². The topological polar surface area (TPSA) is 80.9 Å². The molecule has 1 atom stereocenters. The third-order valence-corrected chi connectivity index (χ3v) is 5.04. The van der Waals surface area contributed by atoms with Crippen molar-refractivity contribution in [3.8, 4) is 0 Å². The lowest BCUT2D eigenvalue weighted by molar-refractivity contribution is -0.149. The minimum Gasteiger partial charge on any atom is -0.481 e. The third kappa shape index (κ3) is 2.43. The number of carboxylic acid groups (broad SMARTS) is 1. The minimum absolute atomic E-state index is 0.0383. The van der Waals surface area contributed by atoms with Gasteiger partial charge in [-0.25, -0.2) is 4.68 Å². The van der Waals surface area contributed by atoms with Crippen molar-refractivity contribution in [2.24, 2.45) is 5.41 Å². The molecule has 6 nitrogen and oxygen atoms in total. The normalized spacial score (nSPS) is 20.8. The van der Waals surface area contributed by atoms with Crippen molar-refractivity contribution in [2.45, 2.75) is 71.3 Å². The molecular weight excluding hydrogens is 256 g/mol. The van der Waals surface area contributed by atoms with Crippen LogP contribution in [-0.2, 0) is 16.8 Å². The molecule has 0 bridgehead atoms. The molecule has 1 unspecified atom stereocenters. The summed E-state index contributed by atoms with van der Waals surface area (Å²) < 4.78 is 1.73. The molecule has 1 aromatic rings. The van der Waals surface area contributed by atoms with Crippen LogP contribution < -0.4 is 0 Å². The van der Waals surface area contributed by atoms with E-state index in [4.69, 9.17) is 0 Å². The van der Waals surface area contributed by atoms with Gasteiger partial charge in [0.2, 0.25) is 0 Å². The predicted molar refractivity (Wildman–Crippen MR) is 74.3 cm³/mol. The third-order valence-electron chi connectivity index (χ3n) is 5.04. The van der Waals surface area contributed by atoms with Gasteiger partial charge in [-0.3, -0.25) is 4.79 Å². The van der Waals surface area contributed by atoms with Crippen molar-refractivity contribution in [1.29, 1.82) is 0 Å². The summed E-state index contributed by atoms with van der Waals surface area (Å²) in [7, 11) is 0. The van der Waals surface area contributed by atoms with Crippen LogP contribution in [0.4, 0.5) is 0 Å². The van der Waals surface area contributed by atoms with E-state index in [1.807, 2.05) is 6.92 Å². The summed E-state index contributed by atoms with van der Waals surface area (Å²) >= 11 is 0. The predicted octanol–water partition coefficient (Wildman–Crippen LogP) is 2.40. The second-order valence-electron chi connectivity index (χ2n) is 6.22. The Kier molecular flexibility index (Phi) is 4.11. The van der Waals surface area contributed by atoms with Gasteiger partial charge in [0.1, 0.15) is 0 Å². The van der Waals surface area contributed by atoms with Crippen molar-refractivity contribution in [3.63, 3.8) is 0 Å². The van der Waals surface area contributed by atoms with E-state index in [2.05, 4.69) is 22.4 Å². The molecule has 0 aliphatic heterocycles. The Morgan fingerprint density at radius 3 is 2.55 bits per heavy atom. The highest BCUT2D eigenvalue weighted by Crippen LogP contribution is 2.42. The first kappa shape index (κ1) is 14.9. The Morgan fingerprint density at radius 1 is 1.40 bits per heavy atom. The maximum Gasteiger partial charge on any atom is 0.311 e. The fraction of sp³-hybridized carbons (Fsp3) is 0.857. The van der Waals surface area contributed by atoms with Crippen LogP contribution in [0.15, 0.2) is 0 Å². The number of aromatic nitrogens is 4. The van der Waals surface area contributed by atoms with Crippen molar-refractivity contribution < 1.29 is 9.90 Å². The lowest BCUT2D eigenvalue weighted by atomic mass is 9.81. The molecule has 1 N–H and O–H groups in total. The van der Waals surface area contributed by atoms with Crippen LogP contribution >= 0.6 is 0 Å². The van der Waals surface area contributed by atoms with Crippen LogP contribution in [0.1, 0.15) is 65.1 Å². The largest absolute Gasteiger partial charge is 0.481 e. The van der Waals surface area contributed by atoms with Crippen LogP contribution in [-0.4, -0.2) is 31.3 Å². The molecule has 1 aromatic heterocycles. The zero-order valence-electron chi connectivity index (χ0n) is 12.6. The van der Waals surface area contributed by atoms with E-state index in [-0.39, 0.29) is 5.41 Å². The summed E-state index contributed by atoms with van der Waals surface area (Å²) in [4.78, 5) is 11.5. The average molecular weight is 280 g/mol. The quantitative estimate of drug-likeness (QED) is 0.865. The summed E-state index contributed by atoms with van der Waals surface area (Å²) in [6.07, 6.45) is 6.15. The van der Waals surface area contributed by atoms with Gasteiger partial charge in [0.05, 0.1) is 12.0 Å². The number of nitrogens with zero attached hydrogens (tertiary/aromatic N) is 4. The molecule has 1 aliphatic carbocycles. The van der Waals surface area contributed by atoms with E-state index in [1.165, 1.54) is 12.8 Å². The van der Waals surface area contributed by atoms with Gasteiger partial charge < -0.3 is 5.11 Å². The fourth-order valence-electron chi connectivity index (χ4n) is 3.14. The number of aliphatic carboxylic acids is 1. The van der Waals surface area contributed by atoms with Gasteiger partial charge in [0, 0.05) is 5.41 Å². The summed E-state index contributed by atoms with van der Waals surface area (Å²) in [6, 6.07) is 0. The van der Waals surface area contributed by atoms with Gasteiger partial charge >= 0.3 is 5.97 Å². The van der Waals surface area contributed by atoms with Crippen LogP contribution in [0.5, 0.6) is 0 Å².